The van der Waals surface area contributed by atoms with Gasteiger partial charge in [0.1, 0.15) is 18.4 Å². The van der Waals surface area contributed by atoms with Gasteiger partial charge in [-0.25, -0.2) is 12.8 Å². The Morgan fingerprint density at radius 2 is 1.56 bits per heavy atom. The number of carbonyl (C=O) groups is 2. The molecular formula is C27H30FN3O4S. The highest BCUT2D eigenvalue weighted by Gasteiger charge is 2.32. The zero-order chi connectivity index (χ0) is 26.3. The molecule has 1 atom stereocenters. The second-order valence-corrected chi connectivity index (χ2v) is 10.2. The van der Waals surface area contributed by atoms with Gasteiger partial charge in [-0.3, -0.25) is 13.9 Å². The normalized spacial score (nSPS) is 12.0. The molecule has 3 aromatic carbocycles. The molecular weight excluding hydrogens is 481 g/mol. The second kappa shape index (κ2) is 11.8. The quantitative estimate of drug-likeness (QED) is 0.448. The Kier molecular flexibility index (Phi) is 8.82. The molecule has 0 heterocycles. The number of halogens is 1. The van der Waals surface area contributed by atoms with Crippen LogP contribution in [0.3, 0.4) is 0 Å². The van der Waals surface area contributed by atoms with Crippen LogP contribution in [0.15, 0.2) is 83.8 Å². The minimum atomic E-state index is -4.22. The van der Waals surface area contributed by atoms with Crippen molar-refractivity contribution in [1.29, 1.82) is 0 Å². The summed E-state index contributed by atoms with van der Waals surface area (Å²) in [5.74, 6) is -1.46. The van der Waals surface area contributed by atoms with E-state index in [2.05, 4.69) is 5.32 Å². The van der Waals surface area contributed by atoms with E-state index in [1.807, 2.05) is 31.2 Å². The standard InChI is InChI=1S/C27H30FN3O4S/c1-4-29-27(33)21(3)30(18-22-11-9-8-10-20(22)2)26(32)19-31(24-12-6-5-7-13-24)36(34,35)25-16-14-23(28)15-17-25/h5-17,21H,4,18-19H2,1-3H3,(H,29,33)/t21-/m0/s1. The minimum absolute atomic E-state index is 0.128. The zero-order valence-electron chi connectivity index (χ0n) is 20.5. The average molecular weight is 512 g/mol. The lowest BCUT2D eigenvalue weighted by molar-refractivity contribution is -0.139. The van der Waals surface area contributed by atoms with Crippen LogP contribution in [-0.2, 0) is 26.2 Å². The molecule has 3 rings (SSSR count). The summed E-state index contributed by atoms with van der Waals surface area (Å²) in [6.07, 6.45) is 0. The topological polar surface area (TPSA) is 86.8 Å². The maximum Gasteiger partial charge on any atom is 0.264 e. The number of anilines is 1. The molecule has 0 bridgehead atoms. The van der Waals surface area contributed by atoms with Crippen LogP contribution in [0.25, 0.3) is 0 Å². The number of nitrogens with one attached hydrogen (secondary N) is 1. The molecule has 0 aliphatic heterocycles. The predicted octanol–water partition coefficient (Wildman–Crippen LogP) is 3.88. The number of likely N-dealkylation sites (N-methyl/N-ethyl adjacent to an activating group) is 1. The van der Waals surface area contributed by atoms with Crippen molar-refractivity contribution < 1.29 is 22.4 Å². The number of benzene rings is 3. The molecule has 0 saturated heterocycles. The van der Waals surface area contributed by atoms with Gasteiger partial charge in [0.15, 0.2) is 0 Å². The molecule has 0 unspecified atom stereocenters. The lowest BCUT2D eigenvalue weighted by Crippen LogP contribution is -2.51. The Bertz CT molecular complexity index is 1300. The molecule has 1 N–H and O–H groups in total. The van der Waals surface area contributed by atoms with Crippen LogP contribution >= 0.6 is 0 Å². The lowest BCUT2D eigenvalue weighted by Gasteiger charge is -2.32. The first-order chi connectivity index (χ1) is 17.1. The van der Waals surface area contributed by atoms with Crippen molar-refractivity contribution in [3.63, 3.8) is 0 Å². The molecule has 9 heteroatoms. The number of aryl methyl sites for hydroxylation is 1. The molecule has 0 aliphatic rings. The Hall–Kier alpha value is -3.72. The van der Waals surface area contributed by atoms with Gasteiger partial charge in [-0.05, 0) is 68.3 Å². The number of hydrogen-bond acceptors (Lipinski definition) is 4. The third kappa shape index (κ3) is 6.28. The second-order valence-electron chi connectivity index (χ2n) is 8.32. The average Bonchev–Trinajstić information content (AvgIpc) is 2.87. The summed E-state index contributed by atoms with van der Waals surface area (Å²) < 4.78 is 41.6. The first kappa shape index (κ1) is 26.9. The summed E-state index contributed by atoms with van der Waals surface area (Å²) in [4.78, 5) is 27.6. The number of amides is 2. The van der Waals surface area contributed by atoms with Crippen LogP contribution in [0.2, 0.25) is 0 Å². The molecule has 3 aromatic rings. The zero-order valence-corrected chi connectivity index (χ0v) is 21.3. The number of carbonyl (C=O) groups excluding carboxylic acids is 2. The molecule has 7 nitrogen and oxygen atoms in total. The van der Waals surface area contributed by atoms with Crippen LogP contribution in [0.4, 0.5) is 10.1 Å². The molecule has 0 radical (unpaired) electrons. The van der Waals surface area contributed by atoms with Crippen molar-refractivity contribution in [1.82, 2.24) is 10.2 Å². The van der Waals surface area contributed by atoms with Gasteiger partial charge in [-0.1, -0.05) is 42.5 Å². The number of nitrogens with zero attached hydrogens (tertiary/aromatic N) is 2. The maximum absolute atomic E-state index is 13.7. The lowest BCUT2D eigenvalue weighted by atomic mass is 10.1. The van der Waals surface area contributed by atoms with Gasteiger partial charge in [-0.2, -0.15) is 0 Å². The Labute approximate surface area is 211 Å². The van der Waals surface area contributed by atoms with Crippen molar-refractivity contribution in [2.24, 2.45) is 0 Å². The summed E-state index contributed by atoms with van der Waals surface area (Å²) in [6.45, 7) is 5.28. The number of hydrogen-bond donors (Lipinski definition) is 1. The first-order valence-electron chi connectivity index (χ1n) is 11.6. The van der Waals surface area contributed by atoms with Crippen LogP contribution < -0.4 is 9.62 Å². The van der Waals surface area contributed by atoms with E-state index in [-0.39, 0.29) is 23.0 Å². The van der Waals surface area contributed by atoms with E-state index in [4.69, 9.17) is 0 Å². The van der Waals surface area contributed by atoms with E-state index in [1.165, 1.54) is 4.90 Å². The molecule has 0 aromatic heterocycles. The highest BCUT2D eigenvalue weighted by molar-refractivity contribution is 7.92. The smallest absolute Gasteiger partial charge is 0.264 e. The third-order valence-electron chi connectivity index (χ3n) is 5.84. The minimum Gasteiger partial charge on any atom is -0.355 e. The summed E-state index contributed by atoms with van der Waals surface area (Å²) in [5.41, 5.74) is 2.06. The van der Waals surface area contributed by atoms with Gasteiger partial charge in [0.05, 0.1) is 10.6 Å². The van der Waals surface area contributed by atoms with Gasteiger partial charge in [-0.15, -0.1) is 0 Å². The van der Waals surface area contributed by atoms with Gasteiger partial charge < -0.3 is 10.2 Å². The first-order valence-corrected chi connectivity index (χ1v) is 13.0. The maximum atomic E-state index is 13.7. The van der Waals surface area contributed by atoms with E-state index in [1.54, 1.807) is 44.2 Å². The molecule has 2 amide bonds. The molecule has 36 heavy (non-hydrogen) atoms. The third-order valence-corrected chi connectivity index (χ3v) is 7.63. The fraction of sp³-hybridized carbons (Fsp3) is 0.259. The SMILES string of the molecule is CCNC(=O)[C@H](C)N(Cc1ccccc1C)C(=O)CN(c1ccccc1)S(=O)(=O)c1ccc(F)cc1. The highest BCUT2D eigenvalue weighted by Crippen LogP contribution is 2.24. The summed E-state index contributed by atoms with van der Waals surface area (Å²) in [7, 11) is -4.22. The van der Waals surface area contributed by atoms with Crippen LogP contribution in [0, 0.1) is 12.7 Å². The van der Waals surface area contributed by atoms with Crippen LogP contribution in [0.5, 0.6) is 0 Å². The highest BCUT2D eigenvalue weighted by atomic mass is 32.2. The molecule has 0 fully saturated rings. The van der Waals surface area contributed by atoms with Crippen molar-refractivity contribution in [2.75, 3.05) is 17.4 Å². The Morgan fingerprint density at radius 3 is 2.17 bits per heavy atom. The van der Waals surface area contributed by atoms with E-state index < -0.39 is 34.3 Å². The van der Waals surface area contributed by atoms with E-state index >= 15 is 0 Å². The molecule has 190 valence electrons. The predicted molar refractivity (Wildman–Crippen MR) is 137 cm³/mol. The van der Waals surface area contributed by atoms with Crippen molar-refractivity contribution in [3.05, 3.63) is 95.8 Å². The van der Waals surface area contributed by atoms with Gasteiger partial charge in [0.2, 0.25) is 11.8 Å². The Morgan fingerprint density at radius 1 is 0.944 bits per heavy atom. The monoisotopic (exact) mass is 511 g/mol. The van der Waals surface area contributed by atoms with Crippen molar-refractivity contribution in [3.8, 4) is 0 Å². The van der Waals surface area contributed by atoms with E-state index in [9.17, 15) is 22.4 Å². The van der Waals surface area contributed by atoms with Crippen LogP contribution in [0.1, 0.15) is 25.0 Å². The fourth-order valence-electron chi connectivity index (χ4n) is 3.73. The number of para-hydroxylation sites is 1. The van der Waals surface area contributed by atoms with Crippen molar-refractivity contribution in [2.45, 2.75) is 38.3 Å². The molecule has 0 aliphatic carbocycles. The largest absolute Gasteiger partial charge is 0.355 e. The molecule has 0 spiro atoms. The van der Waals surface area contributed by atoms with Crippen molar-refractivity contribution >= 4 is 27.5 Å². The number of sulfonamides is 1. The van der Waals surface area contributed by atoms with Gasteiger partial charge >= 0.3 is 0 Å². The van der Waals surface area contributed by atoms with Gasteiger partial charge in [0, 0.05) is 13.1 Å². The summed E-state index contributed by atoms with van der Waals surface area (Å²) >= 11 is 0. The fourth-order valence-corrected chi connectivity index (χ4v) is 5.15. The Balaban J connectivity index is 2.01. The summed E-state index contributed by atoms with van der Waals surface area (Å²) in [5, 5.41) is 2.73. The van der Waals surface area contributed by atoms with E-state index in [0.29, 0.717) is 6.54 Å². The molecule has 0 saturated carbocycles. The van der Waals surface area contributed by atoms with Gasteiger partial charge in [0.25, 0.3) is 10.0 Å². The number of rotatable bonds is 10. The van der Waals surface area contributed by atoms with E-state index in [0.717, 1.165) is 39.7 Å². The van der Waals surface area contributed by atoms with Crippen LogP contribution in [-0.4, -0.2) is 44.3 Å². The summed E-state index contributed by atoms with van der Waals surface area (Å²) in [6, 6.07) is 19.3.